The van der Waals surface area contributed by atoms with Crippen LogP contribution in [0.15, 0.2) is 53.4 Å². The zero-order chi connectivity index (χ0) is 16.2. The first-order valence-electron chi connectivity index (χ1n) is 6.11. The molecule has 0 radical (unpaired) electrons. The van der Waals surface area contributed by atoms with Crippen molar-refractivity contribution in [1.29, 1.82) is 5.26 Å². The Morgan fingerprint density at radius 2 is 1.77 bits per heavy atom. The average Bonchev–Trinajstić information content (AvgIpc) is 2.50. The molecule has 2 rings (SSSR count). The summed E-state index contributed by atoms with van der Waals surface area (Å²) >= 11 is 11.8. The van der Waals surface area contributed by atoms with Gasteiger partial charge in [-0.05, 0) is 24.3 Å². The Kier molecular flexibility index (Phi) is 5.40. The first-order chi connectivity index (χ1) is 10.4. The van der Waals surface area contributed by atoms with E-state index < -0.39 is 16.1 Å². The van der Waals surface area contributed by atoms with Crippen LogP contribution in [0.3, 0.4) is 0 Å². The van der Waals surface area contributed by atoms with Crippen molar-refractivity contribution >= 4 is 33.2 Å². The van der Waals surface area contributed by atoms with Gasteiger partial charge in [-0.2, -0.15) is 5.26 Å². The molecular formula is C14H11Cl2N3O2S. The summed E-state index contributed by atoms with van der Waals surface area (Å²) in [4.78, 5) is 2.26. The van der Waals surface area contributed by atoms with Gasteiger partial charge in [0, 0.05) is 15.6 Å². The lowest BCUT2D eigenvalue weighted by Gasteiger charge is -2.14. The van der Waals surface area contributed by atoms with E-state index in [0.717, 1.165) is 0 Å². The van der Waals surface area contributed by atoms with Crippen molar-refractivity contribution in [1.82, 2.24) is 10.3 Å². The maximum atomic E-state index is 12.1. The van der Waals surface area contributed by atoms with E-state index in [2.05, 4.69) is 10.3 Å². The highest BCUT2D eigenvalue weighted by atomic mass is 35.5. The number of sulfonamides is 1. The van der Waals surface area contributed by atoms with Gasteiger partial charge in [0.25, 0.3) is 10.0 Å². The second-order valence-corrected chi connectivity index (χ2v) is 6.82. The number of hydrazine groups is 1. The molecule has 8 heteroatoms. The Bertz CT molecular complexity index is 805. The van der Waals surface area contributed by atoms with Gasteiger partial charge in [0.05, 0.1) is 11.0 Å². The van der Waals surface area contributed by atoms with Crippen LogP contribution >= 0.6 is 23.2 Å². The molecule has 0 saturated heterocycles. The van der Waals surface area contributed by atoms with Crippen LogP contribution in [0.5, 0.6) is 0 Å². The number of nitriles is 1. The summed E-state index contributed by atoms with van der Waals surface area (Å²) in [5.41, 5.74) is 2.88. The van der Waals surface area contributed by atoms with Crippen molar-refractivity contribution in [2.75, 3.05) is 0 Å². The third-order valence-electron chi connectivity index (χ3n) is 2.79. The molecule has 0 saturated carbocycles. The summed E-state index contributed by atoms with van der Waals surface area (Å²) in [5, 5.41) is 9.90. The Labute approximate surface area is 138 Å². The highest BCUT2D eigenvalue weighted by Gasteiger charge is 2.18. The number of nitrogens with one attached hydrogen (secondary N) is 2. The molecule has 0 amide bonds. The van der Waals surface area contributed by atoms with Gasteiger partial charge in [-0.1, -0.05) is 47.5 Å². The van der Waals surface area contributed by atoms with E-state index in [9.17, 15) is 13.7 Å². The Hall–Kier alpha value is -1.62. The third-order valence-corrected chi connectivity index (χ3v) is 4.64. The van der Waals surface area contributed by atoms with E-state index in [1.807, 2.05) is 6.07 Å². The predicted octanol–water partition coefficient (Wildman–Crippen LogP) is 3.04. The molecule has 0 heterocycles. The molecule has 0 bridgehead atoms. The number of hydrogen-bond acceptors (Lipinski definition) is 4. The van der Waals surface area contributed by atoms with Gasteiger partial charge >= 0.3 is 0 Å². The molecule has 22 heavy (non-hydrogen) atoms. The fourth-order valence-corrected chi connectivity index (χ4v) is 3.13. The summed E-state index contributed by atoms with van der Waals surface area (Å²) in [6.07, 6.45) is 0. The zero-order valence-corrected chi connectivity index (χ0v) is 13.5. The first-order valence-corrected chi connectivity index (χ1v) is 8.35. The highest BCUT2D eigenvalue weighted by molar-refractivity contribution is 7.89. The summed E-state index contributed by atoms with van der Waals surface area (Å²) in [6, 6.07) is 13.4. The highest BCUT2D eigenvalue weighted by Crippen LogP contribution is 2.25. The maximum Gasteiger partial charge on any atom is 0.253 e. The summed E-state index contributed by atoms with van der Waals surface area (Å²) in [5.74, 6) is 0. The van der Waals surface area contributed by atoms with Gasteiger partial charge in [-0.25, -0.2) is 13.8 Å². The maximum absolute atomic E-state index is 12.1. The van der Waals surface area contributed by atoms with Crippen molar-refractivity contribution in [3.8, 4) is 6.07 Å². The first kappa shape index (κ1) is 16.7. The van der Waals surface area contributed by atoms with Crippen molar-refractivity contribution < 1.29 is 8.42 Å². The molecule has 5 nitrogen and oxygen atoms in total. The Morgan fingerprint density at radius 3 is 2.36 bits per heavy atom. The zero-order valence-electron chi connectivity index (χ0n) is 11.1. The molecule has 2 aromatic rings. The molecule has 0 aliphatic rings. The molecule has 0 aliphatic heterocycles. The lowest BCUT2D eigenvalue weighted by molar-refractivity contribution is 0.539. The van der Waals surface area contributed by atoms with Crippen LogP contribution in [0.2, 0.25) is 10.0 Å². The molecule has 1 atom stereocenters. The van der Waals surface area contributed by atoms with Crippen LogP contribution in [0.4, 0.5) is 0 Å². The number of nitrogens with zero attached hydrogens (tertiary/aromatic N) is 1. The molecule has 2 N–H and O–H groups in total. The van der Waals surface area contributed by atoms with Crippen molar-refractivity contribution in [3.05, 3.63) is 64.1 Å². The predicted molar refractivity (Wildman–Crippen MR) is 84.7 cm³/mol. The van der Waals surface area contributed by atoms with Gasteiger partial charge in [-0.15, -0.1) is 4.83 Å². The average molecular weight is 356 g/mol. The minimum atomic E-state index is -3.78. The van der Waals surface area contributed by atoms with Crippen LogP contribution in [0, 0.1) is 11.3 Å². The van der Waals surface area contributed by atoms with E-state index in [4.69, 9.17) is 23.2 Å². The van der Waals surface area contributed by atoms with E-state index in [-0.39, 0.29) is 9.92 Å². The van der Waals surface area contributed by atoms with Gasteiger partial charge in [-0.3, -0.25) is 0 Å². The third kappa shape index (κ3) is 3.97. The van der Waals surface area contributed by atoms with E-state index in [1.54, 1.807) is 30.3 Å². The monoisotopic (exact) mass is 355 g/mol. The molecule has 2 aromatic carbocycles. The second kappa shape index (κ2) is 7.09. The van der Waals surface area contributed by atoms with Crippen LogP contribution < -0.4 is 10.3 Å². The number of benzene rings is 2. The largest absolute Gasteiger partial charge is 0.253 e. The SMILES string of the molecule is N#CC(NNS(=O)(=O)c1ccccc1)c1ccc(Cl)cc1Cl. The van der Waals surface area contributed by atoms with Crippen LogP contribution in [-0.2, 0) is 10.0 Å². The van der Waals surface area contributed by atoms with Gasteiger partial charge < -0.3 is 0 Å². The van der Waals surface area contributed by atoms with Crippen LogP contribution in [0.1, 0.15) is 11.6 Å². The fourth-order valence-electron chi connectivity index (χ4n) is 1.71. The minimum Gasteiger partial charge on any atom is -0.222 e. The van der Waals surface area contributed by atoms with Crippen molar-refractivity contribution in [2.45, 2.75) is 10.9 Å². The molecular weight excluding hydrogens is 345 g/mol. The lowest BCUT2D eigenvalue weighted by atomic mass is 10.1. The summed E-state index contributed by atoms with van der Waals surface area (Å²) < 4.78 is 24.2. The Balaban J connectivity index is 2.17. The normalized spacial score (nSPS) is 12.6. The molecule has 0 spiro atoms. The summed E-state index contributed by atoms with van der Waals surface area (Å²) in [6.45, 7) is 0. The summed E-state index contributed by atoms with van der Waals surface area (Å²) in [7, 11) is -3.78. The fraction of sp³-hybridized carbons (Fsp3) is 0.0714. The number of rotatable bonds is 5. The lowest BCUT2D eigenvalue weighted by Crippen LogP contribution is -2.39. The molecule has 1 unspecified atom stereocenters. The smallest absolute Gasteiger partial charge is 0.222 e. The van der Waals surface area contributed by atoms with Crippen molar-refractivity contribution in [3.63, 3.8) is 0 Å². The molecule has 0 aromatic heterocycles. The number of hydrogen-bond donors (Lipinski definition) is 2. The van der Waals surface area contributed by atoms with Gasteiger partial charge in [0.1, 0.15) is 6.04 Å². The van der Waals surface area contributed by atoms with Gasteiger partial charge in [0.15, 0.2) is 0 Å². The van der Waals surface area contributed by atoms with E-state index >= 15 is 0 Å². The second-order valence-electron chi connectivity index (χ2n) is 4.29. The van der Waals surface area contributed by atoms with Crippen molar-refractivity contribution in [2.24, 2.45) is 0 Å². The molecule has 0 fully saturated rings. The van der Waals surface area contributed by atoms with Crippen LogP contribution in [-0.4, -0.2) is 8.42 Å². The topological polar surface area (TPSA) is 82.0 Å². The minimum absolute atomic E-state index is 0.0846. The quantitative estimate of drug-likeness (QED) is 0.807. The molecule has 0 aliphatic carbocycles. The number of halogens is 2. The van der Waals surface area contributed by atoms with E-state index in [0.29, 0.717) is 10.6 Å². The molecule has 114 valence electrons. The Morgan fingerprint density at radius 1 is 1.09 bits per heavy atom. The standard InChI is InChI=1S/C14H11Cl2N3O2S/c15-10-6-7-12(13(16)8-10)14(9-17)18-19-22(20,21)11-4-2-1-3-5-11/h1-8,14,18-19H. The van der Waals surface area contributed by atoms with Gasteiger partial charge in [0.2, 0.25) is 0 Å². The van der Waals surface area contributed by atoms with E-state index in [1.165, 1.54) is 18.2 Å². The van der Waals surface area contributed by atoms with Crippen LogP contribution in [0.25, 0.3) is 0 Å².